The van der Waals surface area contributed by atoms with E-state index in [0.29, 0.717) is 38.9 Å². The number of ether oxygens (including phenoxy) is 3. The van der Waals surface area contributed by atoms with E-state index in [1.165, 1.54) is 43.1 Å². The van der Waals surface area contributed by atoms with Crippen molar-refractivity contribution in [1.29, 1.82) is 0 Å². The first kappa shape index (κ1) is 23.4. The van der Waals surface area contributed by atoms with Gasteiger partial charge in [0.1, 0.15) is 0 Å². The first-order valence-electron chi connectivity index (χ1n) is 10.8. The Hall–Kier alpha value is -4.38. The van der Waals surface area contributed by atoms with Crippen molar-refractivity contribution in [3.8, 4) is 11.5 Å². The highest BCUT2D eigenvalue weighted by Gasteiger charge is 2.18. The van der Waals surface area contributed by atoms with Gasteiger partial charge in [0.05, 0.1) is 35.0 Å². The number of non-ortho nitro benzene ring substituents is 1. The van der Waals surface area contributed by atoms with Crippen LogP contribution in [0.25, 0.3) is 10.9 Å². The van der Waals surface area contributed by atoms with Crippen LogP contribution >= 0.6 is 11.8 Å². The number of benzene rings is 3. The fourth-order valence-corrected chi connectivity index (χ4v) is 4.77. The molecule has 36 heavy (non-hydrogen) atoms. The van der Waals surface area contributed by atoms with Crippen molar-refractivity contribution in [2.24, 2.45) is 0 Å². The third-order valence-corrected chi connectivity index (χ3v) is 6.66. The van der Waals surface area contributed by atoms with E-state index in [4.69, 9.17) is 14.2 Å². The Morgan fingerprint density at radius 3 is 2.75 bits per heavy atom. The maximum Gasteiger partial charge on any atom is 0.337 e. The van der Waals surface area contributed by atoms with Crippen LogP contribution in [-0.4, -0.2) is 34.3 Å². The zero-order valence-electron chi connectivity index (χ0n) is 19.0. The SMILES string of the molecule is COC(=O)c1ccc2c(=O)n(Cc3ccc4c(c3)OCO4)c(SCc3cccc([N+](=O)[O-])c3)nc2c1. The Labute approximate surface area is 208 Å². The van der Waals surface area contributed by atoms with Gasteiger partial charge in [0, 0.05) is 17.9 Å². The minimum absolute atomic E-state index is 0.0139. The fourth-order valence-electron chi connectivity index (χ4n) is 3.82. The number of nitro benzene ring substituents is 1. The van der Waals surface area contributed by atoms with Crippen molar-refractivity contribution in [2.75, 3.05) is 13.9 Å². The first-order valence-corrected chi connectivity index (χ1v) is 11.8. The second-order valence-electron chi connectivity index (χ2n) is 7.91. The van der Waals surface area contributed by atoms with Crippen molar-refractivity contribution in [3.05, 3.63) is 97.8 Å². The Morgan fingerprint density at radius 2 is 1.94 bits per heavy atom. The van der Waals surface area contributed by atoms with Crippen molar-refractivity contribution >= 4 is 34.3 Å². The number of fused-ring (bicyclic) bond motifs is 2. The summed E-state index contributed by atoms with van der Waals surface area (Å²) in [6, 6.07) is 16.4. The van der Waals surface area contributed by atoms with E-state index in [9.17, 15) is 19.7 Å². The van der Waals surface area contributed by atoms with E-state index in [2.05, 4.69) is 4.98 Å². The van der Waals surface area contributed by atoms with Crippen LogP contribution in [-0.2, 0) is 17.0 Å². The Kier molecular flexibility index (Phi) is 6.30. The molecule has 0 aliphatic carbocycles. The van der Waals surface area contributed by atoms with Gasteiger partial charge >= 0.3 is 5.97 Å². The molecule has 3 aromatic carbocycles. The molecular weight excluding hydrogens is 486 g/mol. The molecular formula is C25H19N3O7S. The second kappa shape index (κ2) is 9.70. The molecule has 0 atom stereocenters. The molecule has 0 spiro atoms. The summed E-state index contributed by atoms with van der Waals surface area (Å²) in [7, 11) is 1.28. The Balaban J connectivity index is 1.56. The summed E-state index contributed by atoms with van der Waals surface area (Å²) in [6.45, 7) is 0.359. The van der Waals surface area contributed by atoms with Gasteiger partial charge in [-0.3, -0.25) is 19.5 Å². The Bertz CT molecular complexity index is 1570. The number of methoxy groups -OCH3 is 1. The van der Waals surface area contributed by atoms with Gasteiger partial charge < -0.3 is 14.2 Å². The summed E-state index contributed by atoms with van der Waals surface area (Å²) in [5.74, 6) is 1.05. The normalized spacial score (nSPS) is 12.0. The molecule has 4 aromatic rings. The van der Waals surface area contributed by atoms with Gasteiger partial charge in [0.2, 0.25) is 6.79 Å². The third-order valence-electron chi connectivity index (χ3n) is 5.61. The molecule has 0 saturated carbocycles. The zero-order chi connectivity index (χ0) is 25.2. The number of aromatic nitrogens is 2. The van der Waals surface area contributed by atoms with Crippen LogP contribution in [0.4, 0.5) is 5.69 Å². The molecule has 10 nitrogen and oxygen atoms in total. The number of hydrogen-bond donors (Lipinski definition) is 0. The molecule has 11 heteroatoms. The summed E-state index contributed by atoms with van der Waals surface area (Å²) in [5.41, 5.74) is 1.86. The molecule has 0 radical (unpaired) electrons. The largest absolute Gasteiger partial charge is 0.465 e. The molecule has 1 aliphatic rings. The number of hydrogen-bond acceptors (Lipinski definition) is 9. The predicted octanol–water partition coefficient (Wildman–Crippen LogP) is 4.16. The van der Waals surface area contributed by atoms with Crippen molar-refractivity contribution in [3.63, 3.8) is 0 Å². The van der Waals surface area contributed by atoms with Crippen LogP contribution < -0.4 is 15.0 Å². The smallest absolute Gasteiger partial charge is 0.337 e. The van der Waals surface area contributed by atoms with Crippen LogP contribution in [0.1, 0.15) is 21.5 Å². The molecule has 5 rings (SSSR count). The molecule has 182 valence electrons. The summed E-state index contributed by atoms with van der Waals surface area (Å²) in [5, 5.41) is 11.9. The summed E-state index contributed by atoms with van der Waals surface area (Å²) in [6.07, 6.45) is 0. The van der Waals surface area contributed by atoms with E-state index >= 15 is 0 Å². The van der Waals surface area contributed by atoms with Crippen molar-refractivity contribution < 1.29 is 23.9 Å². The molecule has 0 unspecified atom stereocenters. The molecule has 0 fully saturated rings. The number of carbonyl (C=O) groups is 1. The van der Waals surface area contributed by atoms with E-state index in [0.717, 1.165) is 5.56 Å². The lowest BCUT2D eigenvalue weighted by Gasteiger charge is -2.14. The molecule has 2 heterocycles. The monoisotopic (exact) mass is 505 g/mol. The number of nitro groups is 1. The van der Waals surface area contributed by atoms with Gasteiger partial charge in [0.15, 0.2) is 16.7 Å². The lowest BCUT2D eigenvalue weighted by Crippen LogP contribution is -2.24. The molecule has 0 amide bonds. The van der Waals surface area contributed by atoms with E-state index < -0.39 is 10.9 Å². The summed E-state index contributed by atoms with van der Waals surface area (Å²) >= 11 is 1.27. The van der Waals surface area contributed by atoms with Crippen molar-refractivity contribution in [1.82, 2.24) is 9.55 Å². The van der Waals surface area contributed by atoms with E-state index in [1.807, 2.05) is 12.1 Å². The fraction of sp³-hybridized carbons (Fsp3) is 0.160. The molecule has 1 aromatic heterocycles. The minimum atomic E-state index is -0.533. The highest BCUT2D eigenvalue weighted by Crippen LogP contribution is 2.33. The lowest BCUT2D eigenvalue weighted by atomic mass is 10.1. The maximum atomic E-state index is 13.5. The molecule has 0 bridgehead atoms. The van der Waals surface area contributed by atoms with E-state index in [1.54, 1.807) is 28.8 Å². The van der Waals surface area contributed by atoms with Crippen LogP contribution in [0.2, 0.25) is 0 Å². The number of rotatable bonds is 7. The highest BCUT2D eigenvalue weighted by atomic mass is 32.2. The Morgan fingerprint density at radius 1 is 1.11 bits per heavy atom. The highest BCUT2D eigenvalue weighted by molar-refractivity contribution is 7.98. The second-order valence-corrected chi connectivity index (χ2v) is 8.85. The third kappa shape index (κ3) is 4.60. The molecule has 0 saturated heterocycles. The van der Waals surface area contributed by atoms with Gasteiger partial charge in [-0.25, -0.2) is 9.78 Å². The average molecular weight is 506 g/mol. The summed E-state index contributed by atoms with van der Waals surface area (Å²) in [4.78, 5) is 40.9. The van der Waals surface area contributed by atoms with E-state index in [-0.39, 0.29) is 30.1 Å². The quantitative estimate of drug-likeness (QED) is 0.120. The number of carbonyl (C=O) groups excluding carboxylic acids is 1. The van der Waals surface area contributed by atoms with Crippen LogP contribution in [0.5, 0.6) is 11.5 Å². The van der Waals surface area contributed by atoms with Gasteiger partial charge in [-0.2, -0.15) is 0 Å². The lowest BCUT2D eigenvalue weighted by molar-refractivity contribution is -0.384. The van der Waals surface area contributed by atoms with Crippen LogP contribution in [0.15, 0.2) is 70.6 Å². The maximum absolute atomic E-state index is 13.5. The molecule has 1 aliphatic heterocycles. The average Bonchev–Trinajstić information content (AvgIpc) is 3.36. The standard InChI is InChI=1S/C25H19N3O7S/c1-33-24(30)17-6-7-19-20(11-17)26-25(36-13-16-3-2-4-18(9-16)28(31)32)27(23(19)29)12-15-5-8-21-22(10-15)35-14-34-21/h2-11H,12-14H2,1H3. The van der Waals surface area contributed by atoms with Gasteiger partial charge in [-0.05, 0) is 41.5 Å². The summed E-state index contributed by atoms with van der Waals surface area (Å²) < 4.78 is 17.2. The van der Waals surface area contributed by atoms with Crippen molar-refractivity contribution in [2.45, 2.75) is 17.5 Å². The predicted molar refractivity (Wildman–Crippen MR) is 132 cm³/mol. The zero-order valence-corrected chi connectivity index (χ0v) is 19.8. The number of esters is 1. The van der Waals surface area contributed by atoms with Crippen LogP contribution in [0, 0.1) is 10.1 Å². The topological polar surface area (TPSA) is 123 Å². The van der Waals surface area contributed by atoms with Crippen LogP contribution in [0.3, 0.4) is 0 Å². The number of nitrogens with zero attached hydrogens (tertiary/aromatic N) is 3. The molecule has 0 N–H and O–H groups in total. The van der Waals surface area contributed by atoms with Gasteiger partial charge in [0.25, 0.3) is 11.2 Å². The van der Waals surface area contributed by atoms with Gasteiger partial charge in [-0.15, -0.1) is 0 Å². The van der Waals surface area contributed by atoms with Gasteiger partial charge in [-0.1, -0.05) is 30.0 Å². The first-order chi connectivity index (χ1) is 17.4. The number of thioether (sulfide) groups is 1. The minimum Gasteiger partial charge on any atom is -0.465 e.